The van der Waals surface area contributed by atoms with Gasteiger partial charge in [-0.05, 0) is 29.8 Å². The van der Waals surface area contributed by atoms with Gasteiger partial charge in [-0.25, -0.2) is 0 Å². The number of rotatable bonds is 5. The lowest BCUT2D eigenvalue weighted by molar-refractivity contribution is 0.651. The molecule has 0 aliphatic carbocycles. The molecule has 106 valence electrons. The maximum Gasteiger partial charge on any atom is 0.151 e. The summed E-state index contributed by atoms with van der Waals surface area (Å²) in [6.07, 6.45) is 1.74. The second-order valence-electron chi connectivity index (χ2n) is 4.68. The number of hydrogen-bond donors (Lipinski definition) is 1. The van der Waals surface area contributed by atoms with Crippen LogP contribution >= 0.6 is 15.9 Å². The van der Waals surface area contributed by atoms with E-state index in [9.17, 15) is 0 Å². The van der Waals surface area contributed by atoms with Crippen molar-refractivity contribution in [2.45, 2.75) is 13.1 Å². The van der Waals surface area contributed by atoms with Crippen LogP contribution in [0.5, 0.6) is 0 Å². The molecule has 2 aromatic carbocycles. The number of hydrogen-bond acceptors (Lipinski definition) is 3. The minimum absolute atomic E-state index is 0.672. The third-order valence-corrected chi connectivity index (χ3v) is 3.71. The Kier molecular flexibility index (Phi) is 4.43. The van der Waals surface area contributed by atoms with Gasteiger partial charge in [-0.3, -0.25) is 4.57 Å². The molecule has 1 N–H and O–H groups in total. The number of aromatic nitrogens is 3. The van der Waals surface area contributed by atoms with Crippen molar-refractivity contribution in [1.82, 2.24) is 20.1 Å². The highest BCUT2D eigenvalue weighted by Gasteiger charge is 2.05. The Morgan fingerprint density at radius 3 is 2.48 bits per heavy atom. The minimum Gasteiger partial charge on any atom is -0.306 e. The Balaban J connectivity index is 1.64. The molecule has 0 fully saturated rings. The number of benzene rings is 2. The molecule has 0 aliphatic rings. The van der Waals surface area contributed by atoms with Gasteiger partial charge in [-0.1, -0.05) is 46.3 Å². The Hall–Kier alpha value is -1.98. The Bertz CT molecular complexity index is 692. The number of nitrogens with one attached hydrogen (secondary N) is 1. The molecule has 1 aromatic heterocycles. The molecule has 0 unspecified atom stereocenters. The van der Waals surface area contributed by atoms with Gasteiger partial charge < -0.3 is 5.32 Å². The minimum atomic E-state index is 0.672. The Morgan fingerprint density at radius 1 is 0.952 bits per heavy atom. The zero-order valence-corrected chi connectivity index (χ0v) is 13.0. The second-order valence-corrected chi connectivity index (χ2v) is 5.60. The molecule has 0 amide bonds. The lowest BCUT2D eigenvalue weighted by Crippen LogP contribution is -2.16. The topological polar surface area (TPSA) is 42.7 Å². The normalized spacial score (nSPS) is 10.7. The number of nitrogens with zero attached hydrogens (tertiary/aromatic N) is 3. The summed E-state index contributed by atoms with van der Waals surface area (Å²) < 4.78 is 3.09. The predicted octanol–water partition coefficient (Wildman–Crippen LogP) is 3.32. The van der Waals surface area contributed by atoms with Crippen LogP contribution < -0.4 is 5.32 Å². The lowest BCUT2D eigenvalue weighted by atomic mass is 10.2. The van der Waals surface area contributed by atoms with Crippen LogP contribution in [-0.4, -0.2) is 14.8 Å². The van der Waals surface area contributed by atoms with Gasteiger partial charge in [0.1, 0.15) is 6.33 Å². The average molecular weight is 343 g/mol. The summed E-state index contributed by atoms with van der Waals surface area (Å²) in [6, 6.07) is 18.4. The van der Waals surface area contributed by atoms with Crippen LogP contribution in [0.3, 0.4) is 0 Å². The maximum absolute atomic E-state index is 4.18. The van der Waals surface area contributed by atoms with Gasteiger partial charge in [0.2, 0.25) is 0 Å². The first-order valence-corrected chi connectivity index (χ1v) is 7.52. The highest BCUT2D eigenvalue weighted by Crippen LogP contribution is 2.11. The van der Waals surface area contributed by atoms with E-state index in [2.05, 4.69) is 43.6 Å². The van der Waals surface area contributed by atoms with Crippen LogP contribution in [0.25, 0.3) is 5.69 Å². The molecular weight excluding hydrogens is 328 g/mol. The summed E-state index contributed by atoms with van der Waals surface area (Å²) in [4.78, 5) is 0. The van der Waals surface area contributed by atoms with Crippen molar-refractivity contribution in [3.63, 3.8) is 0 Å². The number of para-hydroxylation sites is 1. The van der Waals surface area contributed by atoms with Crippen molar-refractivity contribution in [3.8, 4) is 5.69 Å². The van der Waals surface area contributed by atoms with Crippen LogP contribution in [0.4, 0.5) is 0 Å². The standard InChI is InChI=1S/C16H15BrN4/c17-14-8-6-13(7-9-14)10-18-11-16-20-19-12-21(16)15-4-2-1-3-5-15/h1-9,12,18H,10-11H2. The quantitative estimate of drug-likeness (QED) is 0.773. The van der Waals surface area contributed by atoms with Crippen LogP contribution in [0.1, 0.15) is 11.4 Å². The molecule has 0 saturated heterocycles. The van der Waals surface area contributed by atoms with E-state index < -0.39 is 0 Å². The van der Waals surface area contributed by atoms with Gasteiger partial charge >= 0.3 is 0 Å². The average Bonchev–Trinajstić information content (AvgIpc) is 2.99. The van der Waals surface area contributed by atoms with E-state index in [-0.39, 0.29) is 0 Å². The monoisotopic (exact) mass is 342 g/mol. The molecule has 0 radical (unpaired) electrons. The first-order valence-electron chi connectivity index (χ1n) is 6.72. The Labute approximate surface area is 132 Å². The fraction of sp³-hybridized carbons (Fsp3) is 0.125. The smallest absolute Gasteiger partial charge is 0.151 e. The van der Waals surface area contributed by atoms with E-state index in [1.165, 1.54) is 5.56 Å². The van der Waals surface area contributed by atoms with E-state index in [0.717, 1.165) is 22.5 Å². The summed E-state index contributed by atoms with van der Waals surface area (Å²) in [7, 11) is 0. The van der Waals surface area contributed by atoms with Crippen molar-refractivity contribution in [2.24, 2.45) is 0 Å². The molecule has 21 heavy (non-hydrogen) atoms. The molecule has 1 heterocycles. The van der Waals surface area contributed by atoms with Gasteiger partial charge in [0.25, 0.3) is 0 Å². The maximum atomic E-state index is 4.18. The molecule has 0 atom stereocenters. The zero-order valence-electron chi connectivity index (χ0n) is 11.4. The Morgan fingerprint density at radius 2 is 1.71 bits per heavy atom. The van der Waals surface area contributed by atoms with E-state index in [4.69, 9.17) is 0 Å². The third-order valence-electron chi connectivity index (χ3n) is 3.18. The SMILES string of the molecule is Brc1ccc(CNCc2nncn2-c2ccccc2)cc1. The molecule has 0 spiro atoms. The van der Waals surface area contributed by atoms with Crippen LogP contribution in [-0.2, 0) is 13.1 Å². The van der Waals surface area contributed by atoms with Crippen molar-refractivity contribution < 1.29 is 0 Å². The molecule has 3 aromatic rings. The van der Waals surface area contributed by atoms with Crippen molar-refractivity contribution in [1.29, 1.82) is 0 Å². The summed E-state index contributed by atoms with van der Waals surface area (Å²) in [6.45, 7) is 1.47. The molecule has 3 rings (SSSR count). The molecule has 0 bridgehead atoms. The number of halogens is 1. The second kappa shape index (κ2) is 6.65. The summed E-state index contributed by atoms with van der Waals surface area (Å²) in [5.74, 6) is 0.901. The molecule has 5 heteroatoms. The fourth-order valence-electron chi connectivity index (χ4n) is 2.10. The largest absolute Gasteiger partial charge is 0.306 e. The van der Waals surface area contributed by atoms with Gasteiger partial charge in [0, 0.05) is 16.7 Å². The fourth-order valence-corrected chi connectivity index (χ4v) is 2.37. The van der Waals surface area contributed by atoms with Crippen molar-refractivity contribution in [2.75, 3.05) is 0 Å². The summed E-state index contributed by atoms with van der Waals surface area (Å²) in [5, 5.41) is 11.6. The first-order chi connectivity index (χ1) is 10.3. The summed E-state index contributed by atoms with van der Waals surface area (Å²) in [5.41, 5.74) is 2.31. The highest BCUT2D eigenvalue weighted by molar-refractivity contribution is 9.10. The van der Waals surface area contributed by atoms with E-state index in [1.54, 1.807) is 6.33 Å². The van der Waals surface area contributed by atoms with Crippen LogP contribution in [0.2, 0.25) is 0 Å². The van der Waals surface area contributed by atoms with Crippen LogP contribution in [0, 0.1) is 0 Å². The lowest BCUT2D eigenvalue weighted by Gasteiger charge is -2.08. The zero-order chi connectivity index (χ0) is 14.5. The summed E-state index contributed by atoms with van der Waals surface area (Å²) >= 11 is 3.44. The van der Waals surface area contributed by atoms with Crippen LogP contribution in [0.15, 0.2) is 65.4 Å². The van der Waals surface area contributed by atoms with Gasteiger partial charge in [0.15, 0.2) is 5.82 Å². The highest BCUT2D eigenvalue weighted by atomic mass is 79.9. The first kappa shape index (κ1) is 14.0. The van der Waals surface area contributed by atoms with E-state index in [1.807, 2.05) is 47.0 Å². The molecule has 0 aliphatic heterocycles. The third kappa shape index (κ3) is 3.56. The van der Waals surface area contributed by atoms with Gasteiger partial charge in [0.05, 0.1) is 6.54 Å². The molecule has 0 saturated carbocycles. The predicted molar refractivity (Wildman–Crippen MR) is 86.0 cm³/mol. The molecule has 4 nitrogen and oxygen atoms in total. The van der Waals surface area contributed by atoms with Crippen molar-refractivity contribution >= 4 is 15.9 Å². The van der Waals surface area contributed by atoms with Gasteiger partial charge in [-0.2, -0.15) is 0 Å². The van der Waals surface area contributed by atoms with E-state index in [0.29, 0.717) is 6.54 Å². The molecular formula is C16H15BrN4. The van der Waals surface area contributed by atoms with E-state index >= 15 is 0 Å². The van der Waals surface area contributed by atoms with Gasteiger partial charge in [-0.15, -0.1) is 10.2 Å². The van der Waals surface area contributed by atoms with Crippen molar-refractivity contribution in [3.05, 3.63) is 76.8 Å².